The number of unbranched alkanes of at least 4 members (excludes halogenated alkanes) is 1. The van der Waals surface area contributed by atoms with Crippen molar-refractivity contribution >= 4 is 23.1 Å². The van der Waals surface area contributed by atoms with Crippen molar-refractivity contribution in [2.45, 2.75) is 45.1 Å². The van der Waals surface area contributed by atoms with Gasteiger partial charge < -0.3 is 16.0 Å². The lowest BCUT2D eigenvalue weighted by Gasteiger charge is -2.32. The van der Waals surface area contributed by atoms with Crippen molar-refractivity contribution in [1.82, 2.24) is 10.2 Å². The van der Waals surface area contributed by atoms with E-state index in [2.05, 4.69) is 10.2 Å². The molecule has 1 heterocycles. The van der Waals surface area contributed by atoms with Crippen molar-refractivity contribution in [2.75, 3.05) is 19.6 Å². The van der Waals surface area contributed by atoms with Crippen LogP contribution < -0.4 is 11.1 Å². The van der Waals surface area contributed by atoms with Gasteiger partial charge in [-0.25, -0.2) is 0 Å². The molecule has 0 bridgehead atoms. The molecule has 0 radical (unpaired) electrons. The Balaban J connectivity index is 2.06. The summed E-state index contributed by atoms with van der Waals surface area (Å²) in [6.45, 7) is 4.87. The van der Waals surface area contributed by atoms with Crippen LogP contribution in [0.15, 0.2) is 0 Å². The summed E-state index contributed by atoms with van der Waals surface area (Å²) >= 11 is 4.84. The van der Waals surface area contributed by atoms with Gasteiger partial charge in [0.05, 0.1) is 4.99 Å². The molecule has 0 aromatic carbocycles. The summed E-state index contributed by atoms with van der Waals surface area (Å²) in [5, 5.41) is 2.99. The van der Waals surface area contributed by atoms with Gasteiger partial charge in [0.2, 0.25) is 5.91 Å². The van der Waals surface area contributed by atoms with Crippen molar-refractivity contribution in [1.29, 1.82) is 0 Å². The Hall–Kier alpha value is -0.680. The third-order valence-corrected chi connectivity index (χ3v) is 3.35. The molecule has 1 aliphatic heterocycles. The number of hydrogen-bond acceptors (Lipinski definition) is 3. The van der Waals surface area contributed by atoms with Gasteiger partial charge in [-0.15, -0.1) is 0 Å². The summed E-state index contributed by atoms with van der Waals surface area (Å²) in [5.74, 6) is 0.0832. The number of nitrogens with zero attached hydrogens (tertiary/aromatic N) is 1. The van der Waals surface area contributed by atoms with Crippen LogP contribution in [0.5, 0.6) is 0 Å². The summed E-state index contributed by atoms with van der Waals surface area (Å²) in [5.41, 5.74) is 5.45. The van der Waals surface area contributed by atoms with Gasteiger partial charge in [-0.3, -0.25) is 4.79 Å². The van der Waals surface area contributed by atoms with E-state index in [1.807, 2.05) is 0 Å². The first-order valence-corrected chi connectivity index (χ1v) is 6.76. The lowest BCUT2D eigenvalue weighted by molar-refractivity contribution is -0.119. The SMILES string of the molecule is CC(=O)NC1CCN(CCCCC(N)=S)CC1. The molecule has 98 valence electrons. The van der Waals surface area contributed by atoms with E-state index in [9.17, 15) is 4.79 Å². The average molecular weight is 257 g/mol. The van der Waals surface area contributed by atoms with Crippen LogP contribution in [0.2, 0.25) is 0 Å². The highest BCUT2D eigenvalue weighted by Crippen LogP contribution is 2.11. The molecule has 1 rings (SSSR count). The normalized spacial score (nSPS) is 17.9. The van der Waals surface area contributed by atoms with E-state index >= 15 is 0 Å². The number of thiocarbonyl (C=S) groups is 1. The fourth-order valence-corrected chi connectivity index (χ4v) is 2.37. The highest BCUT2D eigenvalue weighted by molar-refractivity contribution is 7.80. The van der Waals surface area contributed by atoms with E-state index in [-0.39, 0.29) is 5.91 Å². The van der Waals surface area contributed by atoms with Crippen molar-refractivity contribution < 1.29 is 4.79 Å². The highest BCUT2D eigenvalue weighted by atomic mass is 32.1. The first-order chi connectivity index (χ1) is 8.08. The van der Waals surface area contributed by atoms with Crippen LogP contribution in [0.1, 0.15) is 39.0 Å². The molecule has 1 fully saturated rings. The fraction of sp³-hybridized carbons (Fsp3) is 0.833. The van der Waals surface area contributed by atoms with Crippen LogP contribution >= 0.6 is 12.2 Å². The fourth-order valence-electron chi connectivity index (χ4n) is 2.22. The summed E-state index contributed by atoms with van der Waals surface area (Å²) in [7, 11) is 0. The second-order valence-electron chi connectivity index (χ2n) is 4.74. The number of carbonyl (C=O) groups is 1. The predicted octanol–water partition coefficient (Wildman–Crippen LogP) is 1.04. The van der Waals surface area contributed by atoms with E-state index in [1.54, 1.807) is 6.92 Å². The van der Waals surface area contributed by atoms with Gasteiger partial charge in [0.1, 0.15) is 0 Å². The minimum Gasteiger partial charge on any atom is -0.393 e. The number of rotatable bonds is 6. The monoisotopic (exact) mass is 257 g/mol. The van der Waals surface area contributed by atoms with E-state index in [4.69, 9.17) is 18.0 Å². The quantitative estimate of drug-likeness (QED) is 0.551. The van der Waals surface area contributed by atoms with Gasteiger partial charge in [-0.2, -0.15) is 0 Å². The minimum absolute atomic E-state index is 0.0832. The van der Waals surface area contributed by atoms with Gasteiger partial charge >= 0.3 is 0 Å². The first kappa shape index (κ1) is 14.4. The Morgan fingerprint density at radius 3 is 2.59 bits per heavy atom. The number of amides is 1. The Labute approximate surface area is 109 Å². The molecule has 0 unspecified atom stereocenters. The molecule has 0 aromatic heterocycles. The Kier molecular flexibility index (Phi) is 6.44. The van der Waals surface area contributed by atoms with Crippen molar-refractivity contribution in [3.8, 4) is 0 Å². The van der Waals surface area contributed by atoms with Gasteiger partial charge in [0.25, 0.3) is 0 Å². The molecule has 17 heavy (non-hydrogen) atoms. The van der Waals surface area contributed by atoms with Gasteiger partial charge in [0.15, 0.2) is 0 Å². The van der Waals surface area contributed by atoms with E-state index in [1.165, 1.54) is 0 Å². The van der Waals surface area contributed by atoms with Crippen LogP contribution in [-0.2, 0) is 4.79 Å². The standard InChI is InChI=1S/C12H23N3OS/c1-10(16)14-11-5-8-15(9-6-11)7-3-2-4-12(13)17/h11H,2-9H2,1H3,(H2,13,17)(H,14,16). The van der Waals surface area contributed by atoms with Crippen LogP contribution in [0, 0.1) is 0 Å². The molecular formula is C12H23N3OS. The molecule has 0 aromatic rings. The number of carbonyl (C=O) groups excluding carboxylic acids is 1. The molecule has 1 aliphatic rings. The molecule has 0 saturated carbocycles. The molecular weight excluding hydrogens is 234 g/mol. The molecule has 4 nitrogen and oxygen atoms in total. The van der Waals surface area contributed by atoms with Crippen LogP contribution in [-0.4, -0.2) is 41.5 Å². The summed E-state index contributed by atoms with van der Waals surface area (Å²) in [6.07, 6.45) is 5.23. The second-order valence-corrected chi connectivity index (χ2v) is 5.26. The summed E-state index contributed by atoms with van der Waals surface area (Å²) < 4.78 is 0. The topological polar surface area (TPSA) is 58.4 Å². The molecule has 1 amide bonds. The maximum Gasteiger partial charge on any atom is 0.217 e. The maximum atomic E-state index is 10.9. The lowest BCUT2D eigenvalue weighted by Crippen LogP contribution is -2.44. The summed E-state index contributed by atoms with van der Waals surface area (Å²) in [4.78, 5) is 14.0. The molecule has 0 atom stereocenters. The zero-order chi connectivity index (χ0) is 12.7. The Bertz CT molecular complexity index is 260. The van der Waals surface area contributed by atoms with Crippen LogP contribution in [0.25, 0.3) is 0 Å². The number of likely N-dealkylation sites (tertiary alicyclic amines) is 1. The number of nitrogens with two attached hydrogens (primary N) is 1. The number of hydrogen-bond donors (Lipinski definition) is 2. The van der Waals surface area contributed by atoms with Gasteiger partial charge in [-0.1, -0.05) is 12.2 Å². The molecule has 0 spiro atoms. The predicted molar refractivity (Wildman–Crippen MR) is 73.9 cm³/mol. The van der Waals surface area contributed by atoms with Crippen molar-refractivity contribution in [3.63, 3.8) is 0 Å². The van der Waals surface area contributed by atoms with E-state index in [0.29, 0.717) is 11.0 Å². The zero-order valence-electron chi connectivity index (χ0n) is 10.6. The van der Waals surface area contributed by atoms with Crippen molar-refractivity contribution in [3.05, 3.63) is 0 Å². The highest BCUT2D eigenvalue weighted by Gasteiger charge is 2.18. The molecule has 3 N–H and O–H groups in total. The molecule has 0 aliphatic carbocycles. The zero-order valence-corrected chi connectivity index (χ0v) is 11.4. The van der Waals surface area contributed by atoms with Crippen LogP contribution in [0.3, 0.4) is 0 Å². The first-order valence-electron chi connectivity index (χ1n) is 6.35. The second kappa shape index (κ2) is 7.61. The largest absolute Gasteiger partial charge is 0.393 e. The van der Waals surface area contributed by atoms with E-state index in [0.717, 1.165) is 51.7 Å². The smallest absolute Gasteiger partial charge is 0.217 e. The minimum atomic E-state index is 0.0832. The third kappa shape index (κ3) is 6.58. The van der Waals surface area contributed by atoms with E-state index < -0.39 is 0 Å². The maximum absolute atomic E-state index is 10.9. The van der Waals surface area contributed by atoms with Gasteiger partial charge in [0, 0.05) is 26.1 Å². The van der Waals surface area contributed by atoms with Gasteiger partial charge in [-0.05, 0) is 38.6 Å². The lowest BCUT2D eigenvalue weighted by atomic mass is 10.0. The average Bonchev–Trinajstić information content (AvgIpc) is 2.25. The number of nitrogens with one attached hydrogen (secondary N) is 1. The third-order valence-electron chi connectivity index (χ3n) is 3.14. The molecule has 5 heteroatoms. The summed E-state index contributed by atoms with van der Waals surface area (Å²) in [6, 6.07) is 0.375. The van der Waals surface area contributed by atoms with Crippen molar-refractivity contribution in [2.24, 2.45) is 5.73 Å². The van der Waals surface area contributed by atoms with Crippen LogP contribution in [0.4, 0.5) is 0 Å². The Morgan fingerprint density at radius 2 is 2.06 bits per heavy atom. The Morgan fingerprint density at radius 1 is 1.41 bits per heavy atom. The molecule has 1 saturated heterocycles. The number of piperidine rings is 1.